The molecule has 1 aromatic heterocycles. The van der Waals surface area contributed by atoms with Crippen LogP contribution in [-0.4, -0.2) is 28.8 Å². The second kappa shape index (κ2) is 8.36. The van der Waals surface area contributed by atoms with Gasteiger partial charge in [-0.3, -0.25) is 15.7 Å². The van der Waals surface area contributed by atoms with Crippen LogP contribution in [0.4, 0.5) is 0 Å². The molecule has 0 fully saturated rings. The molecule has 0 aliphatic heterocycles. The first-order chi connectivity index (χ1) is 11.8. The van der Waals surface area contributed by atoms with Crippen molar-refractivity contribution in [3.05, 3.63) is 47.7 Å². The number of amidine groups is 1. The van der Waals surface area contributed by atoms with Gasteiger partial charge in [-0.2, -0.15) is 0 Å². The molecule has 0 atom stereocenters. The molecule has 2 N–H and O–H groups in total. The van der Waals surface area contributed by atoms with E-state index in [9.17, 15) is 5.21 Å². The molecule has 0 amide bonds. The third-order valence-corrected chi connectivity index (χ3v) is 4.09. The molecule has 5 nitrogen and oxygen atoms in total. The summed E-state index contributed by atoms with van der Waals surface area (Å²) in [5, 5.41) is 9.54. The van der Waals surface area contributed by atoms with Crippen molar-refractivity contribution >= 4 is 17.6 Å². The van der Waals surface area contributed by atoms with E-state index in [0.717, 1.165) is 10.6 Å². The normalized spacial score (nSPS) is 12.2. The molecule has 0 saturated heterocycles. The summed E-state index contributed by atoms with van der Waals surface area (Å²) in [5.41, 5.74) is 3.63. The molecule has 134 valence electrons. The van der Waals surface area contributed by atoms with E-state index in [2.05, 4.69) is 36.2 Å². The van der Waals surface area contributed by atoms with Crippen LogP contribution in [0.3, 0.4) is 0 Å². The highest BCUT2D eigenvalue weighted by atomic mass is 32.2. The summed E-state index contributed by atoms with van der Waals surface area (Å²) in [4.78, 5) is 10.1. The largest absolute Gasteiger partial charge is 0.438 e. The molecule has 0 aliphatic rings. The van der Waals surface area contributed by atoms with Gasteiger partial charge in [-0.25, -0.2) is 4.98 Å². The van der Waals surface area contributed by atoms with Gasteiger partial charge >= 0.3 is 0 Å². The monoisotopic (exact) mass is 359 g/mol. The standard InChI is InChI=1S/C19H25N3O2S/c1-13-6-11-16(17(22-23)20-12-19(2,3)4)18(21-13)24-14-7-9-15(25-5)10-8-14/h6-11,23H,12H2,1-5H3,(H,20,22). The molecule has 0 spiro atoms. The summed E-state index contributed by atoms with van der Waals surface area (Å²) in [6.07, 6.45) is 2.03. The summed E-state index contributed by atoms with van der Waals surface area (Å²) in [6.45, 7) is 8.72. The van der Waals surface area contributed by atoms with Gasteiger partial charge in [-0.1, -0.05) is 20.8 Å². The Morgan fingerprint density at radius 2 is 1.88 bits per heavy atom. The molecule has 1 aromatic carbocycles. The summed E-state index contributed by atoms with van der Waals surface area (Å²) < 4.78 is 5.95. The fourth-order valence-corrected chi connectivity index (χ4v) is 2.45. The van der Waals surface area contributed by atoms with Crippen molar-refractivity contribution < 1.29 is 9.94 Å². The van der Waals surface area contributed by atoms with Crippen molar-refractivity contribution in [3.63, 3.8) is 0 Å². The van der Waals surface area contributed by atoms with E-state index in [1.165, 1.54) is 0 Å². The molecule has 2 rings (SSSR count). The van der Waals surface area contributed by atoms with Crippen LogP contribution in [0.15, 0.2) is 46.3 Å². The quantitative estimate of drug-likeness (QED) is 0.351. The lowest BCUT2D eigenvalue weighted by Gasteiger charge is -2.17. The number of aryl methyl sites for hydroxylation is 1. The van der Waals surface area contributed by atoms with Gasteiger partial charge in [0.15, 0.2) is 5.84 Å². The van der Waals surface area contributed by atoms with Crippen LogP contribution < -0.4 is 10.2 Å². The van der Waals surface area contributed by atoms with Gasteiger partial charge < -0.3 is 4.74 Å². The van der Waals surface area contributed by atoms with Crippen molar-refractivity contribution in [1.29, 1.82) is 0 Å². The number of rotatable bonds is 5. The van der Waals surface area contributed by atoms with Crippen LogP contribution >= 0.6 is 11.8 Å². The van der Waals surface area contributed by atoms with Crippen LogP contribution in [-0.2, 0) is 0 Å². The molecule has 0 radical (unpaired) electrons. The van der Waals surface area contributed by atoms with Gasteiger partial charge in [-0.15, -0.1) is 11.8 Å². The van der Waals surface area contributed by atoms with Crippen molar-refractivity contribution in [2.24, 2.45) is 10.4 Å². The van der Waals surface area contributed by atoms with Gasteiger partial charge in [0.05, 0.1) is 5.56 Å². The molecule has 1 heterocycles. The third kappa shape index (κ3) is 5.76. The number of aliphatic imine (C=N–C) groups is 1. The summed E-state index contributed by atoms with van der Waals surface area (Å²) in [5.74, 6) is 1.44. The van der Waals surface area contributed by atoms with Crippen molar-refractivity contribution in [2.75, 3.05) is 12.8 Å². The number of benzene rings is 1. The second-order valence-electron chi connectivity index (χ2n) is 6.92. The van der Waals surface area contributed by atoms with E-state index in [1.54, 1.807) is 11.8 Å². The van der Waals surface area contributed by atoms with E-state index >= 15 is 0 Å². The second-order valence-corrected chi connectivity index (χ2v) is 7.80. The van der Waals surface area contributed by atoms with Crippen LogP contribution in [0.5, 0.6) is 11.6 Å². The predicted molar refractivity (Wildman–Crippen MR) is 103 cm³/mol. The summed E-state index contributed by atoms with van der Waals surface area (Å²) in [7, 11) is 0. The van der Waals surface area contributed by atoms with Gasteiger partial charge in [0.1, 0.15) is 5.75 Å². The number of ether oxygens (including phenoxy) is 1. The Kier molecular flexibility index (Phi) is 6.45. The summed E-state index contributed by atoms with van der Waals surface area (Å²) >= 11 is 1.67. The molecule has 6 heteroatoms. The lowest BCUT2D eigenvalue weighted by Crippen LogP contribution is -2.24. The van der Waals surface area contributed by atoms with Crippen LogP contribution in [0.2, 0.25) is 0 Å². The Balaban J connectivity index is 2.35. The highest BCUT2D eigenvalue weighted by Crippen LogP contribution is 2.26. The first-order valence-electron chi connectivity index (χ1n) is 8.07. The van der Waals surface area contributed by atoms with E-state index in [1.807, 2.05) is 49.6 Å². The smallest absolute Gasteiger partial charge is 0.230 e. The molecule has 2 aromatic rings. The van der Waals surface area contributed by atoms with Crippen molar-refractivity contribution in [1.82, 2.24) is 10.5 Å². The first-order valence-corrected chi connectivity index (χ1v) is 9.29. The minimum atomic E-state index is 0.00883. The molecule has 0 unspecified atom stereocenters. The number of nitrogens with zero attached hydrogens (tertiary/aromatic N) is 2. The lowest BCUT2D eigenvalue weighted by atomic mass is 9.97. The zero-order chi connectivity index (χ0) is 18.4. The Bertz CT molecular complexity index is 737. The first kappa shape index (κ1) is 19.3. The number of nitrogens with one attached hydrogen (secondary N) is 1. The van der Waals surface area contributed by atoms with E-state index in [-0.39, 0.29) is 5.41 Å². The lowest BCUT2D eigenvalue weighted by molar-refractivity contribution is 0.233. The summed E-state index contributed by atoms with van der Waals surface area (Å²) in [6, 6.07) is 11.5. The third-order valence-electron chi connectivity index (χ3n) is 3.35. The molecule has 25 heavy (non-hydrogen) atoms. The van der Waals surface area contributed by atoms with Crippen LogP contribution in [0, 0.1) is 12.3 Å². The fraction of sp³-hybridized carbons (Fsp3) is 0.368. The van der Waals surface area contributed by atoms with E-state index in [0.29, 0.717) is 29.6 Å². The maximum atomic E-state index is 9.54. The Morgan fingerprint density at radius 1 is 1.20 bits per heavy atom. The number of hydrogen-bond donors (Lipinski definition) is 2. The number of hydrogen-bond acceptors (Lipinski definition) is 5. The van der Waals surface area contributed by atoms with Crippen LogP contribution in [0.1, 0.15) is 32.0 Å². The van der Waals surface area contributed by atoms with E-state index in [4.69, 9.17) is 4.74 Å². The molecule has 0 aliphatic carbocycles. The minimum absolute atomic E-state index is 0.00883. The van der Waals surface area contributed by atoms with Crippen LogP contribution in [0.25, 0.3) is 0 Å². The van der Waals surface area contributed by atoms with Crippen molar-refractivity contribution in [2.45, 2.75) is 32.6 Å². The van der Waals surface area contributed by atoms with Gasteiger partial charge in [0.25, 0.3) is 0 Å². The predicted octanol–water partition coefficient (Wildman–Crippen LogP) is 4.68. The Labute approximate surface area is 153 Å². The average Bonchev–Trinajstić information content (AvgIpc) is 2.56. The molecular weight excluding hydrogens is 334 g/mol. The number of pyridine rings is 1. The number of hydroxylamine groups is 1. The Hall–Kier alpha value is -2.05. The maximum Gasteiger partial charge on any atom is 0.230 e. The molecular formula is C19H25N3O2S. The SMILES string of the molecule is CSc1ccc(Oc2nc(C)ccc2C(=NCC(C)(C)C)NO)cc1. The molecule has 0 saturated carbocycles. The van der Waals surface area contributed by atoms with E-state index < -0.39 is 0 Å². The van der Waals surface area contributed by atoms with Crippen molar-refractivity contribution in [3.8, 4) is 11.6 Å². The Morgan fingerprint density at radius 3 is 2.44 bits per heavy atom. The number of thioether (sulfide) groups is 1. The van der Waals surface area contributed by atoms with Gasteiger partial charge in [0.2, 0.25) is 5.88 Å². The highest BCUT2D eigenvalue weighted by Gasteiger charge is 2.15. The molecule has 0 bridgehead atoms. The average molecular weight is 359 g/mol. The highest BCUT2D eigenvalue weighted by molar-refractivity contribution is 7.98. The minimum Gasteiger partial charge on any atom is -0.438 e. The number of aromatic nitrogens is 1. The zero-order valence-corrected chi connectivity index (χ0v) is 16.1. The van der Waals surface area contributed by atoms with Gasteiger partial charge in [0, 0.05) is 17.1 Å². The maximum absolute atomic E-state index is 9.54. The topological polar surface area (TPSA) is 66.7 Å². The van der Waals surface area contributed by atoms with Gasteiger partial charge in [-0.05, 0) is 55.0 Å². The fourth-order valence-electron chi connectivity index (χ4n) is 2.04. The zero-order valence-electron chi connectivity index (χ0n) is 15.3.